The molecule has 0 spiro atoms. The molecule has 1 aromatic rings. The highest BCUT2D eigenvalue weighted by Gasteiger charge is 2.46. The van der Waals surface area contributed by atoms with Crippen molar-refractivity contribution in [2.24, 2.45) is 0 Å². The fourth-order valence-electron chi connectivity index (χ4n) is 1.69. The number of nitro groups is 1. The standard InChI is InChI=1S/C12H12FNO6/c1-12(10(15)19-2,11(16)20-3)7-4-5-9(14(17)18)8(13)6-7/h4-6H,1-3H3. The maximum atomic E-state index is 13.6. The molecule has 0 aromatic heterocycles. The van der Waals surface area contributed by atoms with Crippen LogP contribution in [-0.4, -0.2) is 31.1 Å². The smallest absolute Gasteiger partial charge is 0.327 e. The molecule has 8 heteroatoms. The Labute approximate surface area is 113 Å². The SMILES string of the molecule is COC(=O)C(C)(C(=O)OC)c1ccc([N+](=O)[O-])c(F)c1. The summed E-state index contributed by atoms with van der Waals surface area (Å²) in [5.41, 5.74) is -2.76. The number of benzene rings is 1. The molecule has 20 heavy (non-hydrogen) atoms. The largest absolute Gasteiger partial charge is 0.468 e. The Bertz CT molecular complexity index is 555. The van der Waals surface area contributed by atoms with Gasteiger partial charge < -0.3 is 9.47 Å². The van der Waals surface area contributed by atoms with Crippen molar-refractivity contribution in [3.63, 3.8) is 0 Å². The molecule has 0 heterocycles. The van der Waals surface area contributed by atoms with Crippen LogP contribution in [0, 0.1) is 15.9 Å². The van der Waals surface area contributed by atoms with E-state index < -0.39 is 33.8 Å². The van der Waals surface area contributed by atoms with Crippen molar-refractivity contribution >= 4 is 17.6 Å². The van der Waals surface area contributed by atoms with Crippen LogP contribution in [0.2, 0.25) is 0 Å². The van der Waals surface area contributed by atoms with E-state index in [0.29, 0.717) is 0 Å². The van der Waals surface area contributed by atoms with Crippen molar-refractivity contribution in [2.45, 2.75) is 12.3 Å². The van der Waals surface area contributed by atoms with Crippen LogP contribution in [0.1, 0.15) is 12.5 Å². The number of halogens is 1. The minimum absolute atomic E-state index is 0.0979. The fourth-order valence-corrected chi connectivity index (χ4v) is 1.69. The molecule has 0 aliphatic rings. The van der Waals surface area contributed by atoms with Crippen molar-refractivity contribution in [3.05, 3.63) is 39.7 Å². The molecule has 1 rings (SSSR count). The minimum Gasteiger partial charge on any atom is -0.468 e. The summed E-state index contributed by atoms with van der Waals surface area (Å²) in [6, 6.07) is 2.72. The molecule has 108 valence electrons. The van der Waals surface area contributed by atoms with Gasteiger partial charge >= 0.3 is 17.6 Å². The first kappa shape index (κ1) is 15.5. The Balaban J connectivity index is 3.44. The Morgan fingerprint density at radius 3 is 2.10 bits per heavy atom. The highest BCUT2D eigenvalue weighted by atomic mass is 19.1. The minimum atomic E-state index is -1.90. The number of ether oxygens (including phenoxy) is 2. The Hall–Kier alpha value is -2.51. The molecule has 0 radical (unpaired) electrons. The topological polar surface area (TPSA) is 95.7 Å². The predicted molar refractivity (Wildman–Crippen MR) is 64.4 cm³/mol. The van der Waals surface area contributed by atoms with Gasteiger partial charge in [0.2, 0.25) is 5.82 Å². The first-order valence-corrected chi connectivity index (χ1v) is 5.40. The normalized spacial score (nSPS) is 10.8. The van der Waals surface area contributed by atoms with Gasteiger partial charge in [-0.05, 0) is 18.6 Å². The number of hydrogen-bond donors (Lipinski definition) is 0. The predicted octanol–water partition coefficient (Wildman–Crippen LogP) is 1.34. The molecule has 0 aliphatic heterocycles. The summed E-state index contributed by atoms with van der Waals surface area (Å²) in [6.45, 7) is 1.19. The zero-order valence-corrected chi connectivity index (χ0v) is 11.0. The highest BCUT2D eigenvalue weighted by molar-refractivity contribution is 6.05. The number of rotatable bonds is 4. The number of hydrogen-bond acceptors (Lipinski definition) is 6. The van der Waals surface area contributed by atoms with Crippen LogP contribution in [0.3, 0.4) is 0 Å². The van der Waals surface area contributed by atoms with Gasteiger partial charge in [0.25, 0.3) is 0 Å². The molecule has 0 unspecified atom stereocenters. The van der Waals surface area contributed by atoms with Crippen molar-refractivity contribution in [1.29, 1.82) is 0 Å². The van der Waals surface area contributed by atoms with Crippen molar-refractivity contribution in [2.75, 3.05) is 14.2 Å². The lowest BCUT2D eigenvalue weighted by atomic mass is 9.82. The second kappa shape index (κ2) is 5.64. The molecular weight excluding hydrogens is 273 g/mol. The van der Waals surface area contributed by atoms with Crippen molar-refractivity contribution in [3.8, 4) is 0 Å². The van der Waals surface area contributed by atoms with Gasteiger partial charge in [-0.15, -0.1) is 0 Å². The number of nitrogens with zero attached hydrogens (tertiary/aromatic N) is 1. The van der Waals surface area contributed by atoms with E-state index in [1.165, 1.54) is 6.92 Å². The zero-order chi connectivity index (χ0) is 15.5. The highest BCUT2D eigenvalue weighted by Crippen LogP contribution is 2.30. The zero-order valence-electron chi connectivity index (χ0n) is 11.0. The van der Waals surface area contributed by atoms with Crippen molar-refractivity contribution in [1.82, 2.24) is 0 Å². The van der Waals surface area contributed by atoms with Crippen LogP contribution in [0.15, 0.2) is 18.2 Å². The summed E-state index contributed by atoms with van der Waals surface area (Å²) in [7, 11) is 2.12. The first-order chi connectivity index (χ1) is 9.28. The molecule has 0 atom stereocenters. The third kappa shape index (κ3) is 2.44. The molecule has 0 bridgehead atoms. The summed E-state index contributed by atoms with van der Waals surface area (Å²) in [4.78, 5) is 33.2. The van der Waals surface area contributed by atoms with E-state index in [-0.39, 0.29) is 5.56 Å². The van der Waals surface area contributed by atoms with Gasteiger partial charge in [0.15, 0.2) is 5.41 Å². The van der Waals surface area contributed by atoms with E-state index in [4.69, 9.17) is 0 Å². The van der Waals surface area contributed by atoms with Gasteiger partial charge in [-0.25, -0.2) is 0 Å². The van der Waals surface area contributed by atoms with Crippen LogP contribution >= 0.6 is 0 Å². The van der Waals surface area contributed by atoms with Crippen LogP contribution in [0.5, 0.6) is 0 Å². The van der Waals surface area contributed by atoms with Crippen LogP contribution in [0.25, 0.3) is 0 Å². The van der Waals surface area contributed by atoms with E-state index in [9.17, 15) is 24.1 Å². The van der Waals surface area contributed by atoms with E-state index >= 15 is 0 Å². The van der Waals surface area contributed by atoms with Crippen LogP contribution in [0.4, 0.5) is 10.1 Å². The third-order valence-corrected chi connectivity index (χ3v) is 2.91. The molecule has 7 nitrogen and oxygen atoms in total. The van der Waals surface area contributed by atoms with Gasteiger partial charge in [-0.1, -0.05) is 6.07 Å². The van der Waals surface area contributed by atoms with Crippen LogP contribution in [-0.2, 0) is 24.5 Å². The van der Waals surface area contributed by atoms with Gasteiger partial charge in [0.05, 0.1) is 19.1 Å². The average molecular weight is 285 g/mol. The quantitative estimate of drug-likeness (QED) is 0.358. The molecule has 0 amide bonds. The van der Waals surface area contributed by atoms with Crippen molar-refractivity contribution < 1.29 is 28.4 Å². The van der Waals surface area contributed by atoms with E-state index in [1.807, 2.05) is 0 Å². The maximum Gasteiger partial charge on any atom is 0.327 e. The molecule has 0 saturated heterocycles. The average Bonchev–Trinajstić information content (AvgIpc) is 2.43. The Morgan fingerprint density at radius 2 is 1.75 bits per heavy atom. The Morgan fingerprint density at radius 1 is 1.25 bits per heavy atom. The monoisotopic (exact) mass is 285 g/mol. The summed E-state index contributed by atoms with van der Waals surface area (Å²) in [5, 5.41) is 10.5. The Kier molecular flexibility index (Phi) is 4.38. The van der Waals surface area contributed by atoms with E-state index in [1.54, 1.807) is 0 Å². The summed E-state index contributed by atoms with van der Waals surface area (Å²) >= 11 is 0. The first-order valence-electron chi connectivity index (χ1n) is 5.40. The number of methoxy groups -OCH3 is 2. The maximum absolute atomic E-state index is 13.6. The number of carbonyl (C=O) groups excluding carboxylic acids is 2. The number of esters is 2. The second-order valence-electron chi connectivity index (χ2n) is 4.03. The molecule has 1 aromatic carbocycles. The molecular formula is C12H12FNO6. The van der Waals surface area contributed by atoms with Gasteiger partial charge in [0.1, 0.15) is 0 Å². The molecule has 0 aliphatic carbocycles. The summed E-state index contributed by atoms with van der Waals surface area (Å²) in [5.74, 6) is -3.08. The summed E-state index contributed by atoms with van der Waals surface area (Å²) < 4.78 is 22.6. The van der Waals surface area contributed by atoms with Gasteiger partial charge in [-0.3, -0.25) is 19.7 Å². The third-order valence-electron chi connectivity index (χ3n) is 2.91. The van der Waals surface area contributed by atoms with Gasteiger partial charge in [-0.2, -0.15) is 4.39 Å². The number of carbonyl (C=O) groups is 2. The summed E-state index contributed by atoms with van der Waals surface area (Å²) in [6.07, 6.45) is 0. The van der Waals surface area contributed by atoms with Gasteiger partial charge in [0, 0.05) is 6.07 Å². The lowest BCUT2D eigenvalue weighted by Crippen LogP contribution is -2.42. The van der Waals surface area contributed by atoms with E-state index in [2.05, 4.69) is 9.47 Å². The second-order valence-corrected chi connectivity index (χ2v) is 4.03. The lowest BCUT2D eigenvalue weighted by molar-refractivity contribution is -0.387. The molecule has 0 saturated carbocycles. The fraction of sp³-hybridized carbons (Fsp3) is 0.333. The lowest BCUT2D eigenvalue weighted by Gasteiger charge is -2.24. The van der Waals surface area contributed by atoms with E-state index in [0.717, 1.165) is 32.4 Å². The number of nitro benzene ring substituents is 1. The molecule has 0 N–H and O–H groups in total. The molecule has 0 fully saturated rings. The van der Waals surface area contributed by atoms with Crippen LogP contribution < -0.4 is 0 Å².